The summed E-state index contributed by atoms with van der Waals surface area (Å²) in [5.41, 5.74) is 1.87. The van der Waals surface area contributed by atoms with Gasteiger partial charge in [-0.2, -0.15) is 4.98 Å². The van der Waals surface area contributed by atoms with Gasteiger partial charge < -0.3 is 14.3 Å². The molecule has 3 aromatic rings. The second-order valence-corrected chi connectivity index (χ2v) is 7.74. The van der Waals surface area contributed by atoms with Gasteiger partial charge in [-0.05, 0) is 30.3 Å². The van der Waals surface area contributed by atoms with Crippen LogP contribution in [0.5, 0.6) is 0 Å². The molecule has 8 heteroatoms. The number of piperazine rings is 1. The van der Waals surface area contributed by atoms with Crippen molar-refractivity contribution in [2.75, 3.05) is 31.1 Å². The molecular weight excluding hydrogens is 411 g/mol. The van der Waals surface area contributed by atoms with Gasteiger partial charge in [-0.25, -0.2) is 0 Å². The third kappa shape index (κ3) is 4.89. The summed E-state index contributed by atoms with van der Waals surface area (Å²) >= 11 is 12.1. The molecule has 0 atom stereocenters. The van der Waals surface area contributed by atoms with E-state index in [1.54, 1.807) is 12.1 Å². The molecule has 0 unspecified atom stereocenters. The lowest BCUT2D eigenvalue weighted by Gasteiger charge is -2.36. The zero-order valence-electron chi connectivity index (χ0n) is 15.7. The maximum absolute atomic E-state index is 12.6. The first-order chi connectivity index (χ1) is 14.1. The fraction of sp³-hybridized carbons (Fsp3) is 0.286. The topological polar surface area (TPSA) is 62.5 Å². The van der Waals surface area contributed by atoms with E-state index in [4.69, 9.17) is 27.7 Å². The zero-order valence-corrected chi connectivity index (χ0v) is 17.2. The van der Waals surface area contributed by atoms with Crippen molar-refractivity contribution in [1.82, 2.24) is 15.0 Å². The van der Waals surface area contributed by atoms with Crippen molar-refractivity contribution in [3.05, 3.63) is 64.5 Å². The van der Waals surface area contributed by atoms with Crippen LogP contribution >= 0.6 is 23.2 Å². The molecule has 150 valence electrons. The second-order valence-electron chi connectivity index (χ2n) is 6.87. The van der Waals surface area contributed by atoms with Crippen LogP contribution in [0.25, 0.3) is 11.4 Å². The summed E-state index contributed by atoms with van der Waals surface area (Å²) in [7, 11) is 0. The molecule has 0 N–H and O–H groups in total. The van der Waals surface area contributed by atoms with Crippen LogP contribution in [0.1, 0.15) is 12.3 Å². The van der Waals surface area contributed by atoms with Crippen molar-refractivity contribution in [3.8, 4) is 11.4 Å². The summed E-state index contributed by atoms with van der Waals surface area (Å²) in [6.45, 7) is 2.93. The molecule has 29 heavy (non-hydrogen) atoms. The van der Waals surface area contributed by atoms with Crippen molar-refractivity contribution in [1.29, 1.82) is 0 Å². The standard InChI is InChI=1S/C21H20Cl2N4O2/c22-16-4-1-3-15(13-16)21-24-19(29-25-21)7-8-20(28)27-11-9-26(10-12-27)18-6-2-5-17(23)14-18/h1-6,13-14H,7-12H2. The van der Waals surface area contributed by atoms with Crippen LogP contribution in [-0.4, -0.2) is 47.1 Å². The first kappa shape index (κ1) is 19.7. The van der Waals surface area contributed by atoms with Gasteiger partial charge in [0.1, 0.15) is 0 Å². The molecule has 1 aliphatic heterocycles. The van der Waals surface area contributed by atoms with Crippen LogP contribution in [-0.2, 0) is 11.2 Å². The third-order valence-corrected chi connectivity index (χ3v) is 5.38. The largest absolute Gasteiger partial charge is 0.368 e. The summed E-state index contributed by atoms with van der Waals surface area (Å²) in [5, 5.41) is 5.31. The van der Waals surface area contributed by atoms with Crippen LogP contribution in [0.2, 0.25) is 10.0 Å². The monoisotopic (exact) mass is 430 g/mol. The van der Waals surface area contributed by atoms with Gasteiger partial charge in [0.15, 0.2) is 0 Å². The Morgan fingerprint density at radius 1 is 1.00 bits per heavy atom. The molecular formula is C21H20Cl2N4O2. The highest BCUT2D eigenvalue weighted by Crippen LogP contribution is 2.22. The lowest BCUT2D eigenvalue weighted by molar-refractivity contribution is -0.131. The number of halogens is 2. The lowest BCUT2D eigenvalue weighted by Crippen LogP contribution is -2.48. The predicted molar refractivity (Wildman–Crippen MR) is 113 cm³/mol. The number of benzene rings is 2. The van der Waals surface area contributed by atoms with Gasteiger partial charge >= 0.3 is 0 Å². The van der Waals surface area contributed by atoms with Gasteiger partial charge in [0.05, 0.1) is 0 Å². The molecule has 0 radical (unpaired) electrons. The minimum absolute atomic E-state index is 0.0956. The molecule has 2 heterocycles. The van der Waals surface area contributed by atoms with Gasteiger partial charge in [-0.3, -0.25) is 4.79 Å². The van der Waals surface area contributed by atoms with E-state index in [-0.39, 0.29) is 5.91 Å². The van der Waals surface area contributed by atoms with E-state index in [1.165, 1.54) is 0 Å². The number of aromatic nitrogens is 2. The second kappa shape index (κ2) is 8.84. The van der Waals surface area contributed by atoms with Crippen LogP contribution in [0.3, 0.4) is 0 Å². The number of anilines is 1. The normalized spacial score (nSPS) is 14.3. The van der Waals surface area contributed by atoms with Crippen molar-refractivity contribution < 1.29 is 9.32 Å². The average molecular weight is 431 g/mol. The number of nitrogens with zero attached hydrogens (tertiary/aromatic N) is 4. The van der Waals surface area contributed by atoms with Crippen molar-refractivity contribution in [2.24, 2.45) is 0 Å². The van der Waals surface area contributed by atoms with Crippen LogP contribution in [0, 0.1) is 0 Å². The van der Waals surface area contributed by atoms with E-state index in [2.05, 4.69) is 15.0 Å². The maximum atomic E-state index is 12.6. The number of carbonyl (C=O) groups is 1. The molecule has 0 saturated carbocycles. The average Bonchev–Trinajstić information content (AvgIpc) is 3.21. The number of amides is 1. The number of carbonyl (C=O) groups excluding carboxylic acids is 1. The molecule has 1 amide bonds. The highest BCUT2D eigenvalue weighted by Gasteiger charge is 2.22. The van der Waals surface area contributed by atoms with Crippen LogP contribution in [0.15, 0.2) is 53.1 Å². The van der Waals surface area contributed by atoms with Crippen molar-refractivity contribution in [2.45, 2.75) is 12.8 Å². The predicted octanol–water partition coefficient (Wildman–Crippen LogP) is 4.32. The first-order valence-electron chi connectivity index (χ1n) is 9.45. The van der Waals surface area contributed by atoms with E-state index in [1.807, 2.05) is 41.3 Å². The number of hydrogen-bond acceptors (Lipinski definition) is 5. The molecule has 0 aliphatic carbocycles. The highest BCUT2D eigenvalue weighted by molar-refractivity contribution is 6.31. The molecule has 4 rings (SSSR count). The number of rotatable bonds is 5. The Bertz CT molecular complexity index is 1000. The van der Waals surface area contributed by atoms with Gasteiger partial charge in [0, 0.05) is 60.3 Å². The summed E-state index contributed by atoms with van der Waals surface area (Å²) in [4.78, 5) is 21.1. The van der Waals surface area contributed by atoms with Gasteiger partial charge in [-0.15, -0.1) is 0 Å². The number of aryl methyl sites for hydroxylation is 1. The van der Waals surface area contributed by atoms with Gasteiger partial charge in [-0.1, -0.05) is 46.6 Å². The molecule has 0 bridgehead atoms. The van der Waals surface area contributed by atoms with Crippen LogP contribution in [0.4, 0.5) is 5.69 Å². The Labute approximate surface area is 179 Å². The Kier molecular flexibility index (Phi) is 6.02. The van der Waals surface area contributed by atoms with Gasteiger partial charge in [0.2, 0.25) is 17.6 Å². The summed E-state index contributed by atoms with van der Waals surface area (Å²) in [5.74, 6) is 1.02. The molecule has 1 fully saturated rings. The van der Waals surface area contributed by atoms with E-state index in [9.17, 15) is 4.79 Å². The fourth-order valence-corrected chi connectivity index (χ4v) is 3.73. The Morgan fingerprint density at radius 3 is 2.45 bits per heavy atom. The van der Waals surface area contributed by atoms with Crippen LogP contribution < -0.4 is 4.90 Å². The van der Waals surface area contributed by atoms with Gasteiger partial charge in [0.25, 0.3) is 0 Å². The third-order valence-electron chi connectivity index (χ3n) is 4.91. The lowest BCUT2D eigenvalue weighted by atomic mass is 10.2. The molecule has 0 spiro atoms. The first-order valence-corrected chi connectivity index (χ1v) is 10.2. The van der Waals surface area contributed by atoms with E-state index in [0.29, 0.717) is 42.7 Å². The maximum Gasteiger partial charge on any atom is 0.227 e. The molecule has 1 aliphatic rings. The van der Waals surface area contributed by atoms with Crippen molar-refractivity contribution >= 4 is 34.8 Å². The Balaban J connectivity index is 1.29. The summed E-state index contributed by atoms with van der Waals surface area (Å²) < 4.78 is 5.29. The Morgan fingerprint density at radius 2 is 1.72 bits per heavy atom. The molecule has 2 aromatic carbocycles. The zero-order chi connectivity index (χ0) is 20.2. The summed E-state index contributed by atoms with van der Waals surface area (Å²) in [6, 6.07) is 15.1. The van der Waals surface area contributed by atoms with Crippen molar-refractivity contribution in [3.63, 3.8) is 0 Å². The van der Waals surface area contributed by atoms with E-state index in [0.717, 1.165) is 29.4 Å². The minimum Gasteiger partial charge on any atom is -0.368 e. The molecule has 6 nitrogen and oxygen atoms in total. The molecule has 1 saturated heterocycles. The van der Waals surface area contributed by atoms with E-state index < -0.39 is 0 Å². The Hall–Kier alpha value is -2.57. The van der Waals surface area contributed by atoms with E-state index >= 15 is 0 Å². The SMILES string of the molecule is O=C(CCc1nc(-c2cccc(Cl)c2)no1)N1CCN(c2cccc(Cl)c2)CC1. The smallest absolute Gasteiger partial charge is 0.227 e. The number of hydrogen-bond donors (Lipinski definition) is 0. The summed E-state index contributed by atoms with van der Waals surface area (Å²) in [6.07, 6.45) is 0.759. The fourth-order valence-electron chi connectivity index (χ4n) is 3.36. The quantitative estimate of drug-likeness (QED) is 0.602. The molecule has 1 aromatic heterocycles. The minimum atomic E-state index is 0.0956. The highest BCUT2D eigenvalue weighted by atomic mass is 35.5.